The highest BCUT2D eigenvalue weighted by Crippen LogP contribution is 2.31. The summed E-state index contributed by atoms with van der Waals surface area (Å²) in [7, 11) is 1.69. The number of hydrogen-bond donors (Lipinski definition) is 0. The first kappa shape index (κ1) is 18.5. The Morgan fingerprint density at radius 2 is 2.19 bits per heavy atom. The van der Waals surface area contributed by atoms with E-state index in [1.807, 2.05) is 6.92 Å². The van der Waals surface area contributed by atoms with Crippen molar-refractivity contribution in [2.24, 2.45) is 5.92 Å². The van der Waals surface area contributed by atoms with Gasteiger partial charge < -0.3 is 14.0 Å². The number of fused-ring (bicyclic) bond motifs is 1. The second kappa shape index (κ2) is 6.77. The van der Waals surface area contributed by atoms with Crippen molar-refractivity contribution in [1.82, 2.24) is 19.6 Å². The number of imidazole rings is 1. The molecule has 0 saturated carbocycles. The Kier molecular flexibility index (Phi) is 4.81. The predicted molar refractivity (Wildman–Crippen MR) is 86.6 cm³/mol. The van der Waals surface area contributed by atoms with E-state index in [1.54, 1.807) is 23.4 Å². The van der Waals surface area contributed by atoms with Crippen LogP contribution >= 0.6 is 0 Å². The Morgan fingerprint density at radius 1 is 1.46 bits per heavy atom. The maximum Gasteiger partial charge on any atom is 0.434 e. The molecule has 0 unspecified atom stereocenters. The summed E-state index contributed by atoms with van der Waals surface area (Å²) in [5.41, 5.74) is 0.174. The Bertz CT molecular complexity index is 810. The normalized spacial score (nSPS) is 17.2. The van der Waals surface area contributed by atoms with Gasteiger partial charge >= 0.3 is 6.18 Å². The van der Waals surface area contributed by atoms with Crippen LogP contribution in [0.3, 0.4) is 0 Å². The highest BCUT2D eigenvalue weighted by atomic mass is 19.4. The maximum atomic E-state index is 12.8. The van der Waals surface area contributed by atoms with E-state index in [-0.39, 0.29) is 11.8 Å². The van der Waals surface area contributed by atoms with E-state index in [0.29, 0.717) is 55.2 Å². The summed E-state index contributed by atoms with van der Waals surface area (Å²) in [5, 5.41) is 3.85. The summed E-state index contributed by atoms with van der Waals surface area (Å²) in [5.74, 6) is 0.894. The third-order valence-electron chi connectivity index (χ3n) is 4.73. The first-order chi connectivity index (χ1) is 12.2. The van der Waals surface area contributed by atoms with Crippen LogP contribution in [0.5, 0.6) is 0 Å². The lowest BCUT2D eigenvalue weighted by Crippen LogP contribution is -2.35. The zero-order chi connectivity index (χ0) is 19.1. The quantitative estimate of drug-likeness (QED) is 0.830. The Balaban J connectivity index is 1.69. The van der Waals surface area contributed by atoms with Crippen molar-refractivity contribution in [3.05, 3.63) is 34.7 Å². The number of carbonyl (C=O) groups is 1. The molecule has 1 atom stereocenters. The zero-order valence-corrected chi connectivity index (χ0v) is 14.9. The van der Waals surface area contributed by atoms with Gasteiger partial charge in [-0.1, -0.05) is 12.1 Å². The minimum Gasteiger partial charge on any atom is -0.360 e. The predicted octanol–water partition coefficient (Wildman–Crippen LogP) is 3.10. The Morgan fingerprint density at radius 3 is 2.85 bits per heavy atom. The van der Waals surface area contributed by atoms with Crippen LogP contribution in [0.25, 0.3) is 0 Å². The van der Waals surface area contributed by atoms with E-state index < -0.39 is 11.9 Å². The van der Waals surface area contributed by atoms with Crippen LogP contribution in [-0.4, -0.2) is 39.1 Å². The fourth-order valence-corrected chi connectivity index (χ4v) is 3.39. The van der Waals surface area contributed by atoms with Gasteiger partial charge in [0.1, 0.15) is 17.1 Å². The van der Waals surface area contributed by atoms with Gasteiger partial charge in [-0.15, -0.1) is 0 Å². The third kappa shape index (κ3) is 3.47. The minimum absolute atomic E-state index is 0.0666. The SMILES string of the molecule is CCc1onc(C)c1C(=O)N(C)C[C@@H]1CCc2nc(C(F)(F)F)cn2C1. The standard InChI is InChI=1S/C17H21F3N4O2/c1-4-12-15(10(2)22-26-12)16(25)23(3)7-11-5-6-14-21-13(17(18,19)20)9-24(14)8-11/h9,11H,4-8H2,1-3H3/t11-/m0/s1. The molecule has 0 aliphatic carbocycles. The summed E-state index contributed by atoms with van der Waals surface area (Å²) in [4.78, 5) is 18.0. The number of carbonyl (C=O) groups excluding carboxylic acids is 1. The fourth-order valence-electron chi connectivity index (χ4n) is 3.39. The molecule has 26 heavy (non-hydrogen) atoms. The van der Waals surface area contributed by atoms with Gasteiger partial charge in [0.05, 0.1) is 5.69 Å². The molecule has 2 aromatic rings. The number of nitrogens with zero attached hydrogens (tertiary/aromatic N) is 4. The summed E-state index contributed by atoms with van der Waals surface area (Å²) < 4.78 is 45.2. The molecule has 6 nitrogen and oxygen atoms in total. The van der Waals surface area contributed by atoms with Gasteiger partial charge in [-0.2, -0.15) is 13.2 Å². The molecule has 142 valence electrons. The van der Waals surface area contributed by atoms with E-state index in [1.165, 1.54) is 0 Å². The third-order valence-corrected chi connectivity index (χ3v) is 4.73. The van der Waals surface area contributed by atoms with Crippen molar-refractivity contribution in [2.45, 2.75) is 45.8 Å². The molecule has 3 heterocycles. The number of aryl methyl sites for hydroxylation is 3. The number of aromatic nitrogens is 3. The molecule has 0 aromatic carbocycles. The summed E-state index contributed by atoms with van der Waals surface area (Å²) in [6, 6.07) is 0. The van der Waals surface area contributed by atoms with E-state index in [0.717, 1.165) is 6.20 Å². The minimum atomic E-state index is -4.44. The highest BCUT2D eigenvalue weighted by Gasteiger charge is 2.36. The molecule has 0 saturated heterocycles. The number of hydrogen-bond acceptors (Lipinski definition) is 4. The van der Waals surface area contributed by atoms with Crippen LogP contribution in [0.15, 0.2) is 10.7 Å². The highest BCUT2D eigenvalue weighted by molar-refractivity contribution is 5.96. The van der Waals surface area contributed by atoms with Gasteiger partial charge in [-0.3, -0.25) is 4.79 Å². The average molecular weight is 370 g/mol. The first-order valence-electron chi connectivity index (χ1n) is 8.54. The molecule has 0 fully saturated rings. The van der Waals surface area contributed by atoms with Gasteiger partial charge in [-0.05, 0) is 19.3 Å². The van der Waals surface area contributed by atoms with Crippen molar-refractivity contribution >= 4 is 5.91 Å². The summed E-state index contributed by atoms with van der Waals surface area (Å²) in [6.07, 6.45) is -1.65. The second-order valence-corrected chi connectivity index (χ2v) is 6.70. The van der Waals surface area contributed by atoms with E-state index in [2.05, 4.69) is 10.1 Å². The van der Waals surface area contributed by atoms with Crippen LogP contribution in [0, 0.1) is 12.8 Å². The lowest BCUT2D eigenvalue weighted by molar-refractivity contribution is -0.141. The molecule has 1 amide bonds. The van der Waals surface area contributed by atoms with Gasteiger partial charge in [0.2, 0.25) is 0 Å². The first-order valence-corrected chi connectivity index (χ1v) is 8.54. The lowest BCUT2D eigenvalue weighted by atomic mass is 9.98. The molecule has 0 radical (unpaired) electrons. The Labute approximate surface area is 149 Å². The average Bonchev–Trinajstić information content (AvgIpc) is 3.16. The van der Waals surface area contributed by atoms with E-state index >= 15 is 0 Å². The van der Waals surface area contributed by atoms with Crippen LogP contribution in [0.4, 0.5) is 13.2 Å². The fraction of sp³-hybridized carbons (Fsp3) is 0.588. The van der Waals surface area contributed by atoms with Gasteiger partial charge in [-0.25, -0.2) is 4.98 Å². The van der Waals surface area contributed by atoms with Crippen molar-refractivity contribution in [2.75, 3.05) is 13.6 Å². The summed E-state index contributed by atoms with van der Waals surface area (Å²) >= 11 is 0. The van der Waals surface area contributed by atoms with Crippen LogP contribution < -0.4 is 0 Å². The van der Waals surface area contributed by atoms with Crippen molar-refractivity contribution < 1.29 is 22.5 Å². The van der Waals surface area contributed by atoms with Crippen molar-refractivity contribution in [3.8, 4) is 0 Å². The maximum absolute atomic E-state index is 12.8. The van der Waals surface area contributed by atoms with Crippen molar-refractivity contribution in [1.29, 1.82) is 0 Å². The topological polar surface area (TPSA) is 64.2 Å². The molecule has 0 spiro atoms. The lowest BCUT2D eigenvalue weighted by Gasteiger charge is -2.28. The van der Waals surface area contributed by atoms with Gasteiger partial charge in [0, 0.05) is 39.2 Å². The monoisotopic (exact) mass is 370 g/mol. The molecule has 9 heteroatoms. The van der Waals surface area contributed by atoms with Crippen LogP contribution in [0.1, 0.15) is 46.7 Å². The summed E-state index contributed by atoms with van der Waals surface area (Å²) in [6.45, 7) is 4.47. The molecule has 0 N–H and O–H groups in total. The van der Waals surface area contributed by atoms with E-state index in [9.17, 15) is 18.0 Å². The molecule has 1 aliphatic heterocycles. The van der Waals surface area contributed by atoms with Gasteiger partial charge in [0.15, 0.2) is 5.69 Å². The smallest absolute Gasteiger partial charge is 0.360 e. The molecule has 0 bridgehead atoms. The van der Waals surface area contributed by atoms with Gasteiger partial charge in [0.25, 0.3) is 5.91 Å². The second-order valence-electron chi connectivity index (χ2n) is 6.70. The molecule has 1 aliphatic rings. The largest absolute Gasteiger partial charge is 0.434 e. The number of amides is 1. The van der Waals surface area contributed by atoms with E-state index in [4.69, 9.17) is 4.52 Å². The zero-order valence-electron chi connectivity index (χ0n) is 14.9. The molecule has 3 rings (SSSR count). The number of halogens is 3. The van der Waals surface area contributed by atoms with Crippen molar-refractivity contribution in [3.63, 3.8) is 0 Å². The number of rotatable bonds is 4. The van der Waals surface area contributed by atoms with Crippen LogP contribution in [-0.2, 0) is 25.6 Å². The van der Waals surface area contributed by atoms with Crippen LogP contribution in [0.2, 0.25) is 0 Å². The number of alkyl halides is 3. The molecular weight excluding hydrogens is 349 g/mol. The molecular formula is C17H21F3N4O2. The Hall–Kier alpha value is -2.32. The molecule has 2 aromatic heterocycles.